The van der Waals surface area contributed by atoms with Crippen molar-refractivity contribution in [3.8, 4) is 0 Å². The first kappa shape index (κ1) is 14.8. The van der Waals surface area contributed by atoms with Crippen molar-refractivity contribution in [2.24, 2.45) is 0 Å². The number of alkyl halides is 1. The van der Waals surface area contributed by atoms with E-state index >= 15 is 0 Å². The van der Waals surface area contributed by atoms with E-state index in [0.29, 0.717) is 9.49 Å². The van der Waals surface area contributed by atoms with Crippen molar-refractivity contribution >= 4 is 28.6 Å². The van der Waals surface area contributed by atoms with E-state index in [1.165, 1.54) is 5.56 Å². The Labute approximate surface area is 129 Å². The van der Waals surface area contributed by atoms with Crippen LogP contribution < -0.4 is 0 Å². The van der Waals surface area contributed by atoms with Crippen molar-refractivity contribution in [3.05, 3.63) is 35.4 Å². The number of carbonyl (C=O) groups is 1. The largest absolute Gasteiger partial charge is 0.456 e. The van der Waals surface area contributed by atoms with Gasteiger partial charge in [0.05, 0.1) is 5.56 Å². The lowest BCUT2D eigenvalue weighted by Gasteiger charge is -2.24. The van der Waals surface area contributed by atoms with Gasteiger partial charge in [-0.15, -0.1) is 0 Å². The van der Waals surface area contributed by atoms with Gasteiger partial charge in [-0.3, -0.25) is 0 Å². The minimum atomic E-state index is -0.245. The predicted molar refractivity (Wildman–Crippen MR) is 85.8 cm³/mol. The number of benzene rings is 1. The van der Waals surface area contributed by atoms with Crippen LogP contribution in [0.15, 0.2) is 24.3 Å². The molecule has 0 heterocycles. The molecule has 0 spiro atoms. The Morgan fingerprint density at radius 2 is 1.89 bits per heavy atom. The highest BCUT2D eigenvalue weighted by Crippen LogP contribution is 2.33. The fourth-order valence-electron chi connectivity index (χ4n) is 2.57. The number of halogens is 1. The Morgan fingerprint density at radius 3 is 2.42 bits per heavy atom. The molecule has 1 atom stereocenters. The fourth-order valence-corrected chi connectivity index (χ4v) is 2.99. The number of esters is 1. The SMILES string of the molecule is CCC(I)c1ccc(C(=O)OC2(C)CCCC2)cc1. The molecule has 1 unspecified atom stereocenters. The molecule has 1 aliphatic rings. The summed E-state index contributed by atoms with van der Waals surface area (Å²) in [6.45, 7) is 4.21. The molecule has 0 N–H and O–H groups in total. The van der Waals surface area contributed by atoms with Gasteiger partial charge in [0, 0.05) is 3.92 Å². The Morgan fingerprint density at radius 1 is 1.32 bits per heavy atom. The van der Waals surface area contributed by atoms with Crippen LogP contribution in [0.2, 0.25) is 0 Å². The molecule has 2 rings (SSSR count). The summed E-state index contributed by atoms with van der Waals surface area (Å²) >= 11 is 2.43. The minimum absolute atomic E-state index is 0.183. The summed E-state index contributed by atoms with van der Waals surface area (Å²) in [5, 5.41) is 0. The molecule has 104 valence electrons. The van der Waals surface area contributed by atoms with Gasteiger partial charge in [-0.05, 0) is 56.7 Å². The summed E-state index contributed by atoms with van der Waals surface area (Å²) in [6.07, 6.45) is 5.40. The summed E-state index contributed by atoms with van der Waals surface area (Å²) in [5.41, 5.74) is 1.69. The monoisotopic (exact) mass is 372 g/mol. The highest BCUT2D eigenvalue weighted by Gasteiger charge is 2.32. The van der Waals surface area contributed by atoms with E-state index < -0.39 is 0 Å². The van der Waals surface area contributed by atoms with Gasteiger partial charge >= 0.3 is 5.97 Å². The summed E-state index contributed by atoms with van der Waals surface area (Å²) in [4.78, 5) is 12.1. The highest BCUT2D eigenvalue weighted by atomic mass is 127. The summed E-state index contributed by atoms with van der Waals surface area (Å²) in [6, 6.07) is 7.84. The topological polar surface area (TPSA) is 26.3 Å². The number of ether oxygens (including phenoxy) is 1. The van der Waals surface area contributed by atoms with Crippen LogP contribution in [-0.2, 0) is 4.74 Å². The van der Waals surface area contributed by atoms with Crippen LogP contribution in [0.1, 0.15) is 65.8 Å². The van der Waals surface area contributed by atoms with Crippen molar-refractivity contribution in [3.63, 3.8) is 0 Å². The molecule has 2 nitrogen and oxygen atoms in total. The molecule has 0 aromatic heterocycles. The van der Waals surface area contributed by atoms with E-state index in [2.05, 4.69) is 29.5 Å². The Hall–Kier alpha value is -0.580. The van der Waals surface area contributed by atoms with Gasteiger partial charge in [0.1, 0.15) is 5.60 Å². The summed E-state index contributed by atoms with van der Waals surface area (Å²) < 4.78 is 6.18. The van der Waals surface area contributed by atoms with Crippen LogP contribution in [0.3, 0.4) is 0 Å². The van der Waals surface area contributed by atoms with Crippen molar-refractivity contribution < 1.29 is 9.53 Å². The van der Waals surface area contributed by atoms with Crippen LogP contribution >= 0.6 is 22.6 Å². The predicted octanol–water partition coefficient (Wildman–Crippen LogP) is 5.06. The Kier molecular flexibility index (Phi) is 4.87. The number of hydrogen-bond acceptors (Lipinski definition) is 2. The molecule has 19 heavy (non-hydrogen) atoms. The van der Waals surface area contributed by atoms with Gasteiger partial charge in [0.2, 0.25) is 0 Å². The summed E-state index contributed by atoms with van der Waals surface area (Å²) in [5.74, 6) is -0.183. The molecule has 1 aromatic rings. The van der Waals surface area contributed by atoms with Crippen LogP contribution in [0.4, 0.5) is 0 Å². The molecule has 1 aromatic carbocycles. The fraction of sp³-hybridized carbons (Fsp3) is 0.562. The van der Waals surface area contributed by atoms with Gasteiger partial charge in [-0.1, -0.05) is 41.6 Å². The van der Waals surface area contributed by atoms with E-state index in [9.17, 15) is 4.79 Å². The standard InChI is InChI=1S/C16H21IO2/c1-3-14(17)12-6-8-13(9-7-12)15(18)19-16(2)10-4-5-11-16/h6-9,14H,3-5,10-11H2,1-2H3. The second-order valence-electron chi connectivity index (χ2n) is 5.54. The van der Waals surface area contributed by atoms with Crippen LogP contribution in [0.25, 0.3) is 0 Å². The zero-order valence-electron chi connectivity index (χ0n) is 11.6. The van der Waals surface area contributed by atoms with E-state index in [0.717, 1.165) is 32.1 Å². The third kappa shape index (κ3) is 3.71. The Balaban J connectivity index is 2.03. The summed E-state index contributed by atoms with van der Waals surface area (Å²) in [7, 11) is 0. The third-order valence-electron chi connectivity index (χ3n) is 3.87. The van der Waals surface area contributed by atoms with Crippen LogP contribution in [-0.4, -0.2) is 11.6 Å². The molecular weight excluding hydrogens is 351 g/mol. The Bertz CT molecular complexity index is 433. The zero-order chi connectivity index (χ0) is 13.9. The minimum Gasteiger partial charge on any atom is -0.456 e. The molecular formula is C16H21IO2. The first-order chi connectivity index (χ1) is 9.04. The van der Waals surface area contributed by atoms with Crippen LogP contribution in [0, 0.1) is 0 Å². The van der Waals surface area contributed by atoms with Gasteiger partial charge < -0.3 is 4.74 Å². The molecule has 1 fully saturated rings. The molecule has 0 aliphatic heterocycles. The lowest BCUT2D eigenvalue weighted by Crippen LogP contribution is -2.28. The number of rotatable bonds is 4. The van der Waals surface area contributed by atoms with Crippen molar-refractivity contribution in [2.75, 3.05) is 0 Å². The van der Waals surface area contributed by atoms with Crippen molar-refractivity contribution in [1.29, 1.82) is 0 Å². The van der Waals surface area contributed by atoms with Crippen LogP contribution in [0.5, 0.6) is 0 Å². The maximum absolute atomic E-state index is 12.1. The van der Waals surface area contributed by atoms with Gasteiger partial charge in [-0.2, -0.15) is 0 Å². The van der Waals surface area contributed by atoms with Crippen molar-refractivity contribution in [1.82, 2.24) is 0 Å². The molecule has 1 saturated carbocycles. The van der Waals surface area contributed by atoms with E-state index in [1.54, 1.807) is 0 Å². The van der Waals surface area contributed by atoms with Gasteiger partial charge in [0.15, 0.2) is 0 Å². The zero-order valence-corrected chi connectivity index (χ0v) is 13.8. The lowest BCUT2D eigenvalue weighted by molar-refractivity contribution is -0.00608. The maximum Gasteiger partial charge on any atom is 0.338 e. The molecule has 0 bridgehead atoms. The molecule has 0 amide bonds. The smallest absolute Gasteiger partial charge is 0.338 e. The van der Waals surface area contributed by atoms with E-state index in [1.807, 2.05) is 31.2 Å². The lowest BCUT2D eigenvalue weighted by atomic mass is 10.0. The first-order valence-electron chi connectivity index (χ1n) is 7.01. The second-order valence-corrected chi connectivity index (χ2v) is 7.05. The second kappa shape index (κ2) is 6.25. The number of hydrogen-bond donors (Lipinski definition) is 0. The van der Waals surface area contributed by atoms with Crippen molar-refractivity contribution in [2.45, 2.75) is 55.5 Å². The maximum atomic E-state index is 12.1. The van der Waals surface area contributed by atoms with E-state index in [4.69, 9.17) is 4.74 Å². The van der Waals surface area contributed by atoms with E-state index in [-0.39, 0.29) is 11.6 Å². The average molecular weight is 372 g/mol. The molecule has 0 radical (unpaired) electrons. The molecule has 3 heteroatoms. The third-order valence-corrected chi connectivity index (χ3v) is 5.47. The van der Waals surface area contributed by atoms with Gasteiger partial charge in [0.25, 0.3) is 0 Å². The highest BCUT2D eigenvalue weighted by molar-refractivity contribution is 14.1. The quantitative estimate of drug-likeness (QED) is 0.419. The number of carbonyl (C=O) groups excluding carboxylic acids is 1. The first-order valence-corrected chi connectivity index (χ1v) is 8.26. The molecule has 0 saturated heterocycles. The average Bonchev–Trinajstić information content (AvgIpc) is 2.84. The molecule has 1 aliphatic carbocycles. The van der Waals surface area contributed by atoms with Gasteiger partial charge in [-0.25, -0.2) is 4.79 Å². The normalized spacial score (nSPS) is 19.1.